The molecule has 1 heterocycles. The molecule has 1 unspecified atom stereocenters. The zero-order valence-electron chi connectivity index (χ0n) is 9.97. The van der Waals surface area contributed by atoms with Crippen LogP contribution in [0.5, 0.6) is 5.75 Å². The van der Waals surface area contributed by atoms with Crippen molar-refractivity contribution in [1.29, 1.82) is 0 Å². The Balaban J connectivity index is 2.11. The van der Waals surface area contributed by atoms with Crippen LogP contribution in [0.3, 0.4) is 0 Å². The van der Waals surface area contributed by atoms with Crippen LogP contribution in [0.15, 0.2) is 18.2 Å². The molecule has 1 N–H and O–H groups in total. The van der Waals surface area contributed by atoms with Gasteiger partial charge in [-0.3, -0.25) is 0 Å². The van der Waals surface area contributed by atoms with Crippen LogP contribution >= 0.6 is 0 Å². The molecule has 0 radical (unpaired) electrons. The number of sulfone groups is 1. The molecule has 0 bridgehead atoms. The molecule has 0 saturated carbocycles. The Kier molecular flexibility index (Phi) is 3.59. The van der Waals surface area contributed by atoms with Gasteiger partial charge >= 0.3 is 0 Å². The highest BCUT2D eigenvalue weighted by Gasteiger charge is 2.29. The first-order valence-electron chi connectivity index (χ1n) is 5.72. The average Bonchev–Trinajstić information content (AvgIpc) is 2.61. The summed E-state index contributed by atoms with van der Waals surface area (Å²) in [7, 11) is -3.04. The molecule has 0 amide bonds. The van der Waals surface area contributed by atoms with Crippen molar-refractivity contribution < 1.29 is 22.7 Å². The summed E-state index contributed by atoms with van der Waals surface area (Å²) >= 11 is 0. The van der Waals surface area contributed by atoms with Gasteiger partial charge in [-0.25, -0.2) is 12.8 Å². The van der Waals surface area contributed by atoms with Gasteiger partial charge in [-0.2, -0.15) is 0 Å². The Morgan fingerprint density at radius 2 is 2.22 bits per heavy atom. The number of rotatable bonds is 3. The topological polar surface area (TPSA) is 63.6 Å². The van der Waals surface area contributed by atoms with Crippen LogP contribution in [0.25, 0.3) is 0 Å². The molecule has 2 rings (SSSR count). The van der Waals surface area contributed by atoms with Gasteiger partial charge in [-0.05, 0) is 31.0 Å². The van der Waals surface area contributed by atoms with Gasteiger partial charge in [0, 0.05) is 0 Å². The minimum Gasteiger partial charge on any atom is -0.486 e. The van der Waals surface area contributed by atoms with Gasteiger partial charge in [0.2, 0.25) is 0 Å². The maximum absolute atomic E-state index is 13.7. The lowest BCUT2D eigenvalue weighted by molar-refractivity contribution is 0.197. The highest BCUT2D eigenvalue weighted by Crippen LogP contribution is 2.25. The fraction of sp³-hybridized carbons (Fsp3) is 0.500. The lowest BCUT2D eigenvalue weighted by atomic mass is 10.1. The number of aliphatic hydroxyl groups excluding tert-OH is 1. The lowest BCUT2D eigenvalue weighted by Gasteiger charge is -2.14. The fourth-order valence-electron chi connectivity index (χ4n) is 1.91. The van der Waals surface area contributed by atoms with Gasteiger partial charge in [0.25, 0.3) is 0 Å². The van der Waals surface area contributed by atoms with Crippen LogP contribution < -0.4 is 4.74 Å². The Morgan fingerprint density at radius 3 is 2.72 bits per heavy atom. The number of aliphatic hydroxyl groups is 1. The summed E-state index contributed by atoms with van der Waals surface area (Å²) in [5.74, 6) is -0.533. The third-order valence-electron chi connectivity index (χ3n) is 2.92. The molecule has 4 nitrogen and oxygen atoms in total. The van der Waals surface area contributed by atoms with Crippen LogP contribution in [0.4, 0.5) is 4.39 Å². The van der Waals surface area contributed by atoms with E-state index in [1.807, 2.05) is 0 Å². The van der Waals surface area contributed by atoms with E-state index in [4.69, 9.17) is 4.74 Å². The normalized spacial score (nSPS) is 23.8. The molecule has 1 aromatic carbocycles. The van der Waals surface area contributed by atoms with E-state index in [1.165, 1.54) is 12.1 Å². The van der Waals surface area contributed by atoms with Gasteiger partial charge in [0.05, 0.1) is 17.6 Å². The van der Waals surface area contributed by atoms with Crippen LogP contribution in [-0.4, -0.2) is 31.1 Å². The zero-order chi connectivity index (χ0) is 13.3. The van der Waals surface area contributed by atoms with Gasteiger partial charge < -0.3 is 9.84 Å². The van der Waals surface area contributed by atoms with Crippen molar-refractivity contribution in [1.82, 2.24) is 0 Å². The number of hydrogen-bond acceptors (Lipinski definition) is 4. The number of hydrogen-bond donors (Lipinski definition) is 1. The van der Waals surface area contributed by atoms with Gasteiger partial charge in [0.15, 0.2) is 21.4 Å². The predicted octanol–water partition coefficient (Wildman–Crippen LogP) is 1.44. The zero-order valence-corrected chi connectivity index (χ0v) is 10.8. The summed E-state index contributed by atoms with van der Waals surface area (Å²) < 4.78 is 41.5. The van der Waals surface area contributed by atoms with Crippen molar-refractivity contribution in [3.8, 4) is 5.75 Å². The highest BCUT2D eigenvalue weighted by atomic mass is 32.2. The number of ether oxygens (including phenoxy) is 1. The number of halogens is 1. The molecular weight excluding hydrogens is 259 g/mol. The van der Waals surface area contributed by atoms with Gasteiger partial charge in [-0.15, -0.1) is 0 Å². The van der Waals surface area contributed by atoms with E-state index in [0.29, 0.717) is 12.0 Å². The quantitative estimate of drug-likeness (QED) is 0.906. The van der Waals surface area contributed by atoms with E-state index >= 15 is 0 Å². The van der Waals surface area contributed by atoms with Gasteiger partial charge in [-0.1, -0.05) is 6.07 Å². The van der Waals surface area contributed by atoms with Crippen LogP contribution in [0.2, 0.25) is 0 Å². The molecule has 1 aliphatic rings. The van der Waals surface area contributed by atoms with Crippen molar-refractivity contribution in [2.24, 2.45) is 0 Å². The standard InChI is InChI=1S/C12H15FO4S/c1-8(14)9-2-3-12(11(13)6-9)17-10-4-5-18(15,16)7-10/h2-3,6,8,10,14H,4-5,7H2,1H3/t8-,10?/m0/s1. The van der Waals surface area contributed by atoms with E-state index in [9.17, 15) is 17.9 Å². The Hall–Kier alpha value is -1.14. The van der Waals surface area contributed by atoms with E-state index in [1.54, 1.807) is 13.0 Å². The summed E-state index contributed by atoms with van der Waals surface area (Å²) in [6, 6.07) is 4.18. The van der Waals surface area contributed by atoms with Crippen molar-refractivity contribution in [3.63, 3.8) is 0 Å². The molecule has 1 saturated heterocycles. The maximum atomic E-state index is 13.7. The largest absolute Gasteiger partial charge is 0.486 e. The molecule has 2 atom stereocenters. The molecule has 6 heteroatoms. The average molecular weight is 274 g/mol. The third-order valence-corrected chi connectivity index (χ3v) is 4.66. The molecule has 1 aliphatic heterocycles. The molecule has 0 aromatic heterocycles. The van der Waals surface area contributed by atoms with E-state index in [-0.39, 0.29) is 17.3 Å². The second kappa shape index (κ2) is 4.85. The second-order valence-electron chi connectivity index (χ2n) is 4.51. The first-order chi connectivity index (χ1) is 8.37. The minimum absolute atomic E-state index is 0.0292. The van der Waals surface area contributed by atoms with Gasteiger partial charge in [0.1, 0.15) is 6.10 Å². The molecule has 1 fully saturated rings. The summed E-state index contributed by atoms with van der Waals surface area (Å²) in [4.78, 5) is 0. The smallest absolute Gasteiger partial charge is 0.165 e. The second-order valence-corrected chi connectivity index (χ2v) is 6.74. The molecule has 0 spiro atoms. The fourth-order valence-corrected chi connectivity index (χ4v) is 3.50. The molecule has 18 heavy (non-hydrogen) atoms. The van der Waals surface area contributed by atoms with Crippen LogP contribution in [0, 0.1) is 5.82 Å². The van der Waals surface area contributed by atoms with Crippen molar-refractivity contribution in [2.45, 2.75) is 25.6 Å². The Morgan fingerprint density at radius 1 is 1.50 bits per heavy atom. The first kappa shape index (κ1) is 13.3. The summed E-state index contributed by atoms with van der Waals surface area (Å²) in [6.45, 7) is 1.54. The Labute approximate surface area is 105 Å². The summed E-state index contributed by atoms with van der Waals surface area (Å²) in [6.07, 6.45) is -0.845. The minimum atomic E-state index is -3.04. The lowest BCUT2D eigenvalue weighted by Crippen LogP contribution is -2.18. The first-order valence-corrected chi connectivity index (χ1v) is 7.54. The molecule has 0 aliphatic carbocycles. The highest BCUT2D eigenvalue weighted by molar-refractivity contribution is 7.91. The maximum Gasteiger partial charge on any atom is 0.165 e. The van der Waals surface area contributed by atoms with Crippen LogP contribution in [0.1, 0.15) is 25.0 Å². The third kappa shape index (κ3) is 3.00. The van der Waals surface area contributed by atoms with E-state index in [2.05, 4.69) is 0 Å². The Bertz CT molecular complexity index is 539. The summed E-state index contributed by atoms with van der Waals surface area (Å²) in [5, 5.41) is 9.31. The van der Waals surface area contributed by atoms with Crippen molar-refractivity contribution in [2.75, 3.05) is 11.5 Å². The van der Waals surface area contributed by atoms with Crippen molar-refractivity contribution >= 4 is 9.84 Å². The van der Waals surface area contributed by atoms with Crippen molar-refractivity contribution in [3.05, 3.63) is 29.6 Å². The van der Waals surface area contributed by atoms with E-state index < -0.39 is 27.9 Å². The van der Waals surface area contributed by atoms with E-state index in [0.717, 1.165) is 0 Å². The predicted molar refractivity (Wildman–Crippen MR) is 64.7 cm³/mol. The molecule has 1 aromatic rings. The summed E-state index contributed by atoms with van der Waals surface area (Å²) in [5.41, 5.74) is 0.457. The number of benzene rings is 1. The monoisotopic (exact) mass is 274 g/mol. The SMILES string of the molecule is C[C@H](O)c1ccc(OC2CCS(=O)(=O)C2)c(F)c1. The molecule has 100 valence electrons. The van der Waals surface area contributed by atoms with Crippen LogP contribution in [-0.2, 0) is 9.84 Å². The molecular formula is C12H15FO4S.